The van der Waals surface area contributed by atoms with E-state index in [9.17, 15) is 0 Å². The molecule has 8 nitrogen and oxygen atoms in total. The number of hydrogen-bond acceptors (Lipinski definition) is 7. The van der Waals surface area contributed by atoms with Gasteiger partial charge in [-0.1, -0.05) is 6.92 Å². The lowest BCUT2D eigenvalue weighted by molar-refractivity contribution is 0.152. The number of nitrogens with one attached hydrogen (secondary N) is 1. The number of aromatic nitrogens is 2. The smallest absolute Gasteiger partial charge is 0.205 e. The van der Waals surface area contributed by atoms with E-state index in [1.807, 2.05) is 0 Å². The third-order valence-electron chi connectivity index (χ3n) is 5.70. The third-order valence-corrected chi connectivity index (χ3v) is 6.51. The number of guanidine groups is 1. The molecule has 10 heteroatoms. The average molecular weight is 551 g/mol. The van der Waals surface area contributed by atoms with Crippen molar-refractivity contribution in [1.82, 2.24) is 29.4 Å². The van der Waals surface area contributed by atoms with Crippen LogP contribution >= 0.6 is 35.5 Å². The van der Waals surface area contributed by atoms with Crippen LogP contribution in [-0.4, -0.2) is 109 Å². The predicted molar refractivity (Wildman–Crippen MR) is 138 cm³/mol. The highest BCUT2D eigenvalue weighted by Crippen LogP contribution is 2.19. The Kier molecular flexibility index (Phi) is 11.6. The molecule has 2 aliphatic rings. The van der Waals surface area contributed by atoms with E-state index in [4.69, 9.17) is 4.99 Å². The van der Waals surface area contributed by atoms with Gasteiger partial charge in [0.2, 0.25) is 5.13 Å². The van der Waals surface area contributed by atoms with Gasteiger partial charge in [0.25, 0.3) is 0 Å². The Balaban J connectivity index is 0.00000320. The second-order valence-corrected chi connectivity index (χ2v) is 8.64. The van der Waals surface area contributed by atoms with E-state index in [1.54, 1.807) is 0 Å². The highest BCUT2D eigenvalue weighted by atomic mass is 127. The maximum Gasteiger partial charge on any atom is 0.205 e. The monoisotopic (exact) mass is 550 g/mol. The van der Waals surface area contributed by atoms with Crippen LogP contribution in [0.2, 0.25) is 0 Å². The van der Waals surface area contributed by atoms with Crippen molar-refractivity contribution in [3.63, 3.8) is 0 Å². The maximum absolute atomic E-state index is 4.91. The molecule has 1 N–H and O–H groups in total. The molecule has 0 aliphatic carbocycles. The minimum Gasteiger partial charge on any atom is -0.357 e. The number of hydrogen-bond donors (Lipinski definition) is 1. The van der Waals surface area contributed by atoms with Gasteiger partial charge in [-0.25, -0.2) is 4.98 Å². The normalized spacial score (nSPS) is 19.1. The molecule has 0 amide bonds. The molecular weight excluding hydrogens is 511 g/mol. The number of anilines is 1. The predicted octanol–water partition coefficient (Wildman–Crippen LogP) is 1.83. The van der Waals surface area contributed by atoms with Crippen LogP contribution in [0.15, 0.2) is 4.99 Å². The molecule has 0 radical (unpaired) electrons. The highest BCUT2D eigenvalue weighted by Gasteiger charge is 2.22. The molecule has 30 heavy (non-hydrogen) atoms. The van der Waals surface area contributed by atoms with Crippen molar-refractivity contribution < 1.29 is 0 Å². The summed E-state index contributed by atoms with van der Waals surface area (Å²) in [6.45, 7) is 16.0. The first-order chi connectivity index (χ1) is 14.2. The van der Waals surface area contributed by atoms with Gasteiger partial charge in [-0.05, 0) is 33.4 Å². The zero-order valence-electron chi connectivity index (χ0n) is 18.8. The van der Waals surface area contributed by atoms with Crippen molar-refractivity contribution in [2.75, 3.05) is 83.9 Å². The molecule has 3 rings (SSSR count). The second kappa shape index (κ2) is 13.6. The van der Waals surface area contributed by atoms with Gasteiger partial charge in [-0.2, -0.15) is 4.37 Å². The Morgan fingerprint density at radius 2 is 1.77 bits per heavy atom. The lowest BCUT2D eigenvalue weighted by atomic mass is 10.2. The summed E-state index contributed by atoms with van der Waals surface area (Å²) in [6, 6.07) is 0. The van der Waals surface area contributed by atoms with Crippen LogP contribution in [0, 0.1) is 0 Å². The SMILES string of the molecule is CCNC(=NCCCCN1CCN(C)CC1)N1CCN(c2nc(CC)ns2)CC1.I. The van der Waals surface area contributed by atoms with Gasteiger partial charge in [0.15, 0.2) is 5.96 Å². The van der Waals surface area contributed by atoms with Gasteiger partial charge in [-0.3, -0.25) is 4.99 Å². The van der Waals surface area contributed by atoms with Crippen LogP contribution in [0.3, 0.4) is 0 Å². The summed E-state index contributed by atoms with van der Waals surface area (Å²) in [7, 11) is 2.21. The zero-order valence-corrected chi connectivity index (χ0v) is 22.0. The van der Waals surface area contributed by atoms with Gasteiger partial charge in [0.05, 0.1) is 0 Å². The molecule has 2 fully saturated rings. The summed E-state index contributed by atoms with van der Waals surface area (Å²) in [5.41, 5.74) is 0. The van der Waals surface area contributed by atoms with Crippen molar-refractivity contribution in [3.8, 4) is 0 Å². The molecule has 0 spiro atoms. The summed E-state index contributed by atoms with van der Waals surface area (Å²) < 4.78 is 4.42. The van der Waals surface area contributed by atoms with Crippen molar-refractivity contribution >= 4 is 46.6 Å². The molecule has 0 aromatic carbocycles. The standard InChI is InChI=1S/C20H38N8S.HI/c1-4-18-23-20(29-24-18)28-16-14-27(15-17-28)19(21-5-2)22-8-6-7-9-26-12-10-25(3)11-13-26;/h4-17H2,1-3H3,(H,21,22);1H. The largest absolute Gasteiger partial charge is 0.357 e. The van der Waals surface area contributed by atoms with E-state index in [-0.39, 0.29) is 24.0 Å². The number of likely N-dealkylation sites (N-methyl/N-ethyl adjacent to an activating group) is 1. The Morgan fingerprint density at radius 3 is 2.40 bits per heavy atom. The quantitative estimate of drug-likeness (QED) is 0.230. The minimum absolute atomic E-state index is 0. The summed E-state index contributed by atoms with van der Waals surface area (Å²) >= 11 is 1.53. The number of aryl methyl sites for hydroxylation is 1. The number of rotatable bonds is 8. The molecular formula is C20H39IN8S. The Morgan fingerprint density at radius 1 is 1.03 bits per heavy atom. The zero-order chi connectivity index (χ0) is 20.5. The Labute approximate surface area is 203 Å². The minimum atomic E-state index is 0. The fourth-order valence-electron chi connectivity index (χ4n) is 3.76. The fourth-order valence-corrected chi connectivity index (χ4v) is 4.56. The lowest BCUT2D eigenvalue weighted by Gasteiger charge is -2.36. The highest BCUT2D eigenvalue weighted by molar-refractivity contribution is 14.0. The topological polar surface area (TPSA) is 63.1 Å². The van der Waals surface area contributed by atoms with E-state index in [1.165, 1.54) is 50.7 Å². The van der Waals surface area contributed by atoms with Crippen molar-refractivity contribution in [2.45, 2.75) is 33.1 Å². The van der Waals surface area contributed by atoms with E-state index in [0.29, 0.717) is 0 Å². The number of piperazine rings is 2. The van der Waals surface area contributed by atoms with Gasteiger partial charge in [0.1, 0.15) is 5.82 Å². The number of nitrogens with zero attached hydrogens (tertiary/aromatic N) is 7. The summed E-state index contributed by atoms with van der Waals surface area (Å²) in [6.07, 6.45) is 3.30. The average Bonchev–Trinajstić information content (AvgIpc) is 3.23. The van der Waals surface area contributed by atoms with Crippen LogP contribution in [0.5, 0.6) is 0 Å². The van der Waals surface area contributed by atoms with E-state index in [2.05, 4.69) is 55.2 Å². The Bertz CT molecular complexity index is 624. The summed E-state index contributed by atoms with van der Waals surface area (Å²) in [5, 5.41) is 4.54. The van der Waals surface area contributed by atoms with E-state index < -0.39 is 0 Å². The molecule has 172 valence electrons. The molecule has 0 unspecified atom stereocenters. The molecule has 2 saturated heterocycles. The Hall–Kier alpha value is -0.720. The van der Waals surface area contributed by atoms with Gasteiger partial charge in [-0.15, -0.1) is 24.0 Å². The van der Waals surface area contributed by atoms with Crippen LogP contribution in [-0.2, 0) is 6.42 Å². The van der Waals surface area contributed by atoms with Crippen molar-refractivity contribution in [2.24, 2.45) is 4.99 Å². The number of aliphatic imine (C=N–C) groups is 1. The van der Waals surface area contributed by atoms with E-state index >= 15 is 0 Å². The van der Waals surface area contributed by atoms with E-state index in [0.717, 1.165) is 69.0 Å². The van der Waals surface area contributed by atoms with Crippen LogP contribution in [0.1, 0.15) is 32.5 Å². The number of halogens is 1. The fraction of sp³-hybridized carbons (Fsp3) is 0.850. The van der Waals surface area contributed by atoms with Crippen LogP contribution < -0.4 is 10.2 Å². The first-order valence-electron chi connectivity index (χ1n) is 11.2. The molecule has 0 bridgehead atoms. The molecule has 1 aromatic rings. The van der Waals surface area contributed by atoms with Crippen molar-refractivity contribution in [3.05, 3.63) is 5.82 Å². The summed E-state index contributed by atoms with van der Waals surface area (Å²) in [5.74, 6) is 2.03. The third kappa shape index (κ3) is 7.76. The van der Waals surface area contributed by atoms with Crippen LogP contribution in [0.25, 0.3) is 0 Å². The molecule has 2 aliphatic heterocycles. The maximum atomic E-state index is 4.91. The first kappa shape index (κ1) is 25.5. The van der Waals surface area contributed by atoms with Crippen molar-refractivity contribution in [1.29, 1.82) is 0 Å². The molecule has 3 heterocycles. The number of unbranched alkanes of at least 4 members (excludes halogenated alkanes) is 1. The molecule has 1 aromatic heterocycles. The van der Waals surface area contributed by atoms with Crippen LogP contribution in [0.4, 0.5) is 5.13 Å². The molecule has 0 atom stereocenters. The van der Waals surface area contributed by atoms with Gasteiger partial charge < -0.3 is 24.9 Å². The first-order valence-corrected chi connectivity index (χ1v) is 12.0. The second-order valence-electron chi connectivity index (χ2n) is 7.91. The lowest BCUT2D eigenvalue weighted by Crippen LogP contribution is -2.52. The summed E-state index contributed by atoms with van der Waals surface area (Å²) in [4.78, 5) is 19.3. The van der Waals surface area contributed by atoms with Gasteiger partial charge >= 0.3 is 0 Å². The van der Waals surface area contributed by atoms with Gasteiger partial charge in [0, 0.05) is 83.4 Å². The molecule has 0 saturated carbocycles.